The van der Waals surface area contributed by atoms with Gasteiger partial charge in [0.2, 0.25) is 0 Å². The molecule has 0 heterocycles. The molecule has 0 aliphatic heterocycles. The molecule has 1 aliphatic carbocycles. The van der Waals surface area contributed by atoms with Crippen LogP contribution in [0.1, 0.15) is 72.6 Å². The lowest BCUT2D eigenvalue weighted by Crippen LogP contribution is -2.03. The Balaban J connectivity index is 2.21. The largest absolute Gasteiger partial charge is 0.0654 e. The third-order valence-corrected chi connectivity index (χ3v) is 4.16. The van der Waals surface area contributed by atoms with E-state index in [0.717, 1.165) is 17.3 Å². The van der Waals surface area contributed by atoms with E-state index in [4.69, 9.17) is 0 Å². The molecular formula is C14H28. The van der Waals surface area contributed by atoms with E-state index in [-0.39, 0.29) is 0 Å². The lowest BCUT2D eigenvalue weighted by atomic mass is 9.90. The summed E-state index contributed by atoms with van der Waals surface area (Å²) in [7, 11) is 0. The minimum atomic E-state index is 0.797. The lowest BCUT2D eigenvalue weighted by molar-refractivity contribution is 0.362. The fourth-order valence-electron chi connectivity index (χ4n) is 2.97. The first-order valence-corrected chi connectivity index (χ1v) is 6.64. The van der Waals surface area contributed by atoms with E-state index in [1.165, 1.54) is 44.9 Å². The van der Waals surface area contributed by atoms with E-state index in [2.05, 4.69) is 27.7 Å². The summed E-state index contributed by atoms with van der Waals surface area (Å²) < 4.78 is 0. The summed E-state index contributed by atoms with van der Waals surface area (Å²) in [6.45, 7) is 9.40. The van der Waals surface area contributed by atoms with Gasteiger partial charge < -0.3 is 0 Å². The van der Waals surface area contributed by atoms with E-state index in [1.807, 2.05) is 0 Å². The standard InChI is InChI=1S/C14H28/c1-5-8-13-11-14(13,6-2)10-7-9-12(3)4/h12-13H,5-11H2,1-4H3. The molecule has 0 bridgehead atoms. The number of rotatable bonds is 7. The van der Waals surface area contributed by atoms with Crippen molar-refractivity contribution in [2.24, 2.45) is 17.3 Å². The molecule has 84 valence electrons. The molecule has 0 heteroatoms. The van der Waals surface area contributed by atoms with Crippen LogP contribution in [0.5, 0.6) is 0 Å². The molecule has 0 aromatic heterocycles. The molecule has 0 nitrogen and oxygen atoms in total. The molecule has 14 heavy (non-hydrogen) atoms. The van der Waals surface area contributed by atoms with E-state index in [0.29, 0.717) is 0 Å². The normalized spacial score (nSPS) is 31.1. The van der Waals surface area contributed by atoms with Crippen molar-refractivity contribution < 1.29 is 0 Å². The zero-order valence-corrected chi connectivity index (χ0v) is 10.6. The minimum absolute atomic E-state index is 0.797. The van der Waals surface area contributed by atoms with Gasteiger partial charge in [-0.25, -0.2) is 0 Å². The highest BCUT2D eigenvalue weighted by Gasteiger charge is 2.50. The van der Waals surface area contributed by atoms with Gasteiger partial charge in [-0.3, -0.25) is 0 Å². The molecule has 0 saturated heterocycles. The van der Waals surface area contributed by atoms with Crippen LogP contribution in [0.15, 0.2) is 0 Å². The molecule has 1 fully saturated rings. The lowest BCUT2D eigenvalue weighted by Gasteiger charge is -2.15. The van der Waals surface area contributed by atoms with E-state index >= 15 is 0 Å². The highest BCUT2D eigenvalue weighted by Crippen LogP contribution is 2.60. The first-order valence-electron chi connectivity index (χ1n) is 6.64. The van der Waals surface area contributed by atoms with Crippen LogP contribution in [0.3, 0.4) is 0 Å². The summed E-state index contributed by atoms with van der Waals surface area (Å²) in [6, 6.07) is 0. The van der Waals surface area contributed by atoms with E-state index < -0.39 is 0 Å². The predicted molar refractivity (Wildman–Crippen MR) is 64.4 cm³/mol. The quantitative estimate of drug-likeness (QED) is 0.536. The molecule has 1 saturated carbocycles. The van der Waals surface area contributed by atoms with Crippen molar-refractivity contribution in [1.29, 1.82) is 0 Å². The van der Waals surface area contributed by atoms with Gasteiger partial charge in [0.25, 0.3) is 0 Å². The zero-order chi connectivity index (χ0) is 10.6. The Morgan fingerprint density at radius 1 is 1.29 bits per heavy atom. The highest BCUT2D eigenvalue weighted by molar-refractivity contribution is 5.00. The number of hydrogen-bond acceptors (Lipinski definition) is 0. The van der Waals surface area contributed by atoms with Crippen molar-refractivity contribution in [2.75, 3.05) is 0 Å². The molecule has 2 atom stereocenters. The Morgan fingerprint density at radius 2 is 2.00 bits per heavy atom. The topological polar surface area (TPSA) is 0 Å². The van der Waals surface area contributed by atoms with Crippen LogP contribution in [0.4, 0.5) is 0 Å². The van der Waals surface area contributed by atoms with Crippen LogP contribution in [0, 0.1) is 17.3 Å². The fraction of sp³-hybridized carbons (Fsp3) is 1.00. The predicted octanol–water partition coefficient (Wildman–Crippen LogP) is 5.03. The summed E-state index contributed by atoms with van der Waals surface area (Å²) in [5, 5.41) is 0. The Bertz CT molecular complexity index is 159. The average Bonchev–Trinajstić information content (AvgIpc) is 2.80. The van der Waals surface area contributed by atoms with Gasteiger partial charge in [0, 0.05) is 0 Å². The molecule has 0 N–H and O–H groups in total. The van der Waals surface area contributed by atoms with Crippen LogP contribution in [-0.4, -0.2) is 0 Å². The van der Waals surface area contributed by atoms with Gasteiger partial charge in [0.1, 0.15) is 0 Å². The third-order valence-electron chi connectivity index (χ3n) is 4.16. The summed E-state index contributed by atoms with van der Waals surface area (Å²) in [5.41, 5.74) is 0.797. The van der Waals surface area contributed by atoms with Crippen LogP contribution in [0.2, 0.25) is 0 Å². The molecule has 0 spiro atoms. The molecule has 0 aromatic carbocycles. The summed E-state index contributed by atoms with van der Waals surface area (Å²) in [4.78, 5) is 0. The smallest absolute Gasteiger partial charge is 0.0269 e. The van der Waals surface area contributed by atoms with Crippen molar-refractivity contribution in [3.63, 3.8) is 0 Å². The maximum Gasteiger partial charge on any atom is -0.0269 e. The summed E-state index contributed by atoms with van der Waals surface area (Å²) >= 11 is 0. The van der Waals surface area contributed by atoms with Crippen LogP contribution in [-0.2, 0) is 0 Å². The van der Waals surface area contributed by atoms with Crippen molar-refractivity contribution >= 4 is 0 Å². The monoisotopic (exact) mass is 196 g/mol. The minimum Gasteiger partial charge on any atom is -0.0654 e. The van der Waals surface area contributed by atoms with Crippen LogP contribution < -0.4 is 0 Å². The second kappa shape index (κ2) is 5.19. The molecule has 0 radical (unpaired) electrons. The Morgan fingerprint density at radius 3 is 2.50 bits per heavy atom. The Kier molecular flexibility index (Phi) is 4.47. The second-order valence-electron chi connectivity index (χ2n) is 5.69. The maximum absolute atomic E-state index is 2.39. The van der Waals surface area contributed by atoms with Gasteiger partial charge >= 0.3 is 0 Å². The average molecular weight is 196 g/mol. The SMILES string of the molecule is CCCC1CC1(CC)CCCC(C)C. The first-order chi connectivity index (χ1) is 6.64. The summed E-state index contributed by atoms with van der Waals surface area (Å²) in [5.74, 6) is 1.98. The van der Waals surface area contributed by atoms with Gasteiger partial charge in [0.15, 0.2) is 0 Å². The molecular weight excluding hydrogens is 168 g/mol. The van der Waals surface area contributed by atoms with Crippen molar-refractivity contribution in [3.05, 3.63) is 0 Å². The zero-order valence-electron chi connectivity index (χ0n) is 10.6. The van der Waals surface area contributed by atoms with Gasteiger partial charge in [-0.05, 0) is 30.1 Å². The van der Waals surface area contributed by atoms with Gasteiger partial charge in [-0.2, -0.15) is 0 Å². The highest BCUT2D eigenvalue weighted by atomic mass is 14.5. The molecule has 0 amide bonds. The third kappa shape index (κ3) is 3.00. The molecule has 1 aliphatic rings. The maximum atomic E-state index is 2.39. The van der Waals surface area contributed by atoms with Crippen molar-refractivity contribution in [1.82, 2.24) is 0 Å². The van der Waals surface area contributed by atoms with Gasteiger partial charge in [0.05, 0.1) is 0 Å². The molecule has 2 unspecified atom stereocenters. The fourth-order valence-corrected chi connectivity index (χ4v) is 2.97. The van der Waals surface area contributed by atoms with Gasteiger partial charge in [-0.1, -0.05) is 59.8 Å². The van der Waals surface area contributed by atoms with Crippen molar-refractivity contribution in [3.8, 4) is 0 Å². The molecule has 1 rings (SSSR count). The summed E-state index contributed by atoms with van der Waals surface area (Å²) in [6.07, 6.45) is 10.2. The molecule has 0 aromatic rings. The Labute approximate surface area is 90.5 Å². The number of hydrogen-bond donors (Lipinski definition) is 0. The van der Waals surface area contributed by atoms with Crippen LogP contribution >= 0.6 is 0 Å². The second-order valence-corrected chi connectivity index (χ2v) is 5.69. The first kappa shape index (κ1) is 12.1. The van der Waals surface area contributed by atoms with Crippen molar-refractivity contribution in [2.45, 2.75) is 72.6 Å². The van der Waals surface area contributed by atoms with Gasteiger partial charge in [-0.15, -0.1) is 0 Å². The Hall–Kier alpha value is 0. The van der Waals surface area contributed by atoms with Crippen LogP contribution in [0.25, 0.3) is 0 Å². The van der Waals surface area contributed by atoms with E-state index in [1.54, 1.807) is 0 Å². The van der Waals surface area contributed by atoms with E-state index in [9.17, 15) is 0 Å².